The van der Waals surface area contributed by atoms with Crippen molar-refractivity contribution in [2.75, 3.05) is 38.2 Å². The van der Waals surface area contributed by atoms with Crippen LogP contribution < -0.4 is 4.90 Å². The molecule has 0 aliphatic carbocycles. The van der Waals surface area contributed by atoms with Crippen molar-refractivity contribution in [1.82, 2.24) is 9.80 Å². The van der Waals surface area contributed by atoms with Gasteiger partial charge < -0.3 is 19.6 Å². The lowest BCUT2D eigenvalue weighted by molar-refractivity contribution is -0.155. The van der Waals surface area contributed by atoms with E-state index in [1.807, 2.05) is 42.1 Å². The number of hydrogen-bond donors (Lipinski definition) is 1. The topological polar surface area (TPSA) is 56.2 Å². The summed E-state index contributed by atoms with van der Waals surface area (Å²) in [6, 6.07) is 28.5. The van der Waals surface area contributed by atoms with Crippen LogP contribution in [0.5, 0.6) is 0 Å². The van der Waals surface area contributed by atoms with E-state index in [9.17, 15) is 9.90 Å². The van der Waals surface area contributed by atoms with Gasteiger partial charge in [-0.3, -0.25) is 9.69 Å². The number of rotatable bonds is 9. The van der Waals surface area contributed by atoms with Crippen molar-refractivity contribution in [3.63, 3.8) is 0 Å². The van der Waals surface area contributed by atoms with E-state index >= 15 is 0 Å². The predicted molar refractivity (Wildman–Crippen MR) is 184 cm³/mol. The number of anilines is 2. The summed E-state index contributed by atoms with van der Waals surface area (Å²) in [5, 5.41) is 9.53. The van der Waals surface area contributed by atoms with Crippen LogP contribution >= 0.6 is 24.2 Å². The summed E-state index contributed by atoms with van der Waals surface area (Å²) < 4.78 is 5.70. The largest absolute Gasteiger partial charge is 0.462 e. The normalized spacial score (nSPS) is 21.7. The Balaban J connectivity index is 0.000000197. The Kier molecular flexibility index (Phi) is 12.6. The molecule has 3 aromatic carbocycles. The van der Waals surface area contributed by atoms with Gasteiger partial charge in [0.1, 0.15) is 12.0 Å². The SMILES string of the molecule is CCN(CC)C(C)CN1c2ccccc2Sc2ccccc21.CN1[C@@H]2CC[C@H]1C[C@@H](OC(=O)[C@H](CO)c1ccccc1)C2.Cl. The predicted octanol–water partition coefficient (Wildman–Crippen LogP) is 7.37. The highest BCUT2D eigenvalue weighted by molar-refractivity contribution is 7.99. The first-order chi connectivity index (χ1) is 20.9. The van der Waals surface area contributed by atoms with Crippen LogP contribution in [0.25, 0.3) is 0 Å². The standard InChI is InChI=1S/C19H24N2S.C17H23NO3.ClH/c1-4-20(5-2)15(3)14-21-16-10-6-8-12-18(16)22-19-13-9-7-11-17(19)21;1-18-13-7-8-14(18)10-15(9-13)21-17(20)16(11-19)12-5-3-2-4-6-12;/h6-13,15H,4-5,14H2,1-3H3;2-6,13-16,19H,7-11H2,1H3;1H/t;13-,14+,15+,16-;/m.1./s1. The fourth-order valence-corrected chi connectivity index (χ4v) is 8.01. The number of aliphatic hydroxyl groups excluding tert-OH is 1. The summed E-state index contributed by atoms with van der Waals surface area (Å²) in [5.74, 6) is -0.860. The molecule has 3 aromatic rings. The number of nitrogens with zero attached hydrogens (tertiary/aromatic N) is 3. The van der Waals surface area contributed by atoms with Gasteiger partial charge in [-0.2, -0.15) is 0 Å². The zero-order valence-corrected chi connectivity index (χ0v) is 28.1. The molecule has 3 aliphatic heterocycles. The number of ether oxygens (including phenoxy) is 1. The number of esters is 1. The minimum atomic E-state index is -0.566. The summed E-state index contributed by atoms with van der Waals surface area (Å²) in [7, 11) is 2.17. The van der Waals surface area contributed by atoms with Gasteiger partial charge in [-0.1, -0.05) is 80.2 Å². The molecule has 2 saturated heterocycles. The second-order valence-corrected chi connectivity index (χ2v) is 13.0. The number of likely N-dealkylation sites (N-methyl/N-ethyl adjacent to an activating group) is 1. The summed E-state index contributed by atoms with van der Waals surface area (Å²) >= 11 is 1.88. The molecule has 0 amide bonds. The number of halogens is 1. The second kappa shape index (κ2) is 16.1. The molecule has 6 rings (SSSR count). The van der Waals surface area contributed by atoms with Crippen molar-refractivity contribution < 1.29 is 14.6 Å². The summed E-state index contributed by atoms with van der Waals surface area (Å²) in [6.07, 6.45) is 4.26. The zero-order chi connectivity index (χ0) is 30.3. The fraction of sp³-hybridized carbons (Fsp3) is 0.472. The van der Waals surface area contributed by atoms with Crippen LogP contribution in [0.2, 0.25) is 0 Å². The third-order valence-corrected chi connectivity index (χ3v) is 10.6. The van der Waals surface area contributed by atoms with Gasteiger partial charge in [-0.05, 0) is 82.6 Å². The van der Waals surface area contributed by atoms with Crippen molar-refractivity contribution in [1.29, 1.82) is 0 Å². The van der Waals surface area contributed by atoms with Crippen molar-refractivity contribution >= 4 is 41.5 Å². The monoisotopic (exact) mass is 637 g/mol. The van der Waals surface area contributed by atoms with Crippen LogP contribution in [0.1, 0.15) is 57.9 Å². The first-order valence-corrected chi connectivity index (χ1v) is 16.7. The number of hydrogen-bond acceptors (Lipinski definition) is 7. The van der Waals surface area contributed by atoms with Crippen LogP contribution in [0.4, 0.5) is 11.4 Å². The van der Waals surface area contributed by atoms with Gasteiger partial charge in [0, 0.05) is 34.5 Å². The van der Waals surface area contributed by atoms with Crippen LogP contribution in [-0.4, -0.2) is 78.4 Å². The van der Waals surface area contributed by atoms with E-state index in [1.165, 1.54) is 34.0 Å². The summed E-state index contributed by atoms with van der Waals surface area (Å²) in [5.41, 5.74) is 3.50. The first kappa shape index (κ1) is 34.3. The maximum Gasteiger partial charge on any atom is 0.316 e. The fourth-order valence-electron chi connectivity index (χ4n) is 6.91. The van der Waals surface area contributed by atoms with Crippen molar-refractivity contribution in [3.8, 4) is 0 Å². The van der Waals surface area contributed by atoms with Crippen molar-refractivity contribution in [3.05, 3.63) is 84.4 Å². The minimum Gasteiger partial charge on any atom is -0.462 e. The van der Waals surface area contributed by atoms with Gasteiger partial charge in [0.15, 0.2) is 0 Å². The van der Waals surface area contributed by atoms with Gasteiger partial charge in [-0.15, -0.1) is 12.4 Å². The van der Waals surface area contributed by atoms with Crippen LogP contribution in [0, 0.1) is 0 Å². The molecule has 0 spiro atoms. The maximum absolute atomic E-state index is 12.4. The number of piperidine rings is 1. The lowest BCUT2D eigenvalue weighted by Crippen LogP contribution is -2.43. The molecule has 6 nitrogen and oxygen atoms in total. The van der Waals surface area contributed by atoms with E-state index in [2.05, 4.69) is 91.0 Å². The number of carbonyl (C=O) groups is 1. The Labute approximate surface area is 274 Å². The van der Waals surface area contributed by atoms with Crippen molar-refractivity contribution in [2.24, 2.45) is 0 Å². The van der Waals surface area contributed by atoms with Gasteiger partial charge in [0.05, 0.1) is 18.0 Å². The smallest absolute Gasteiger partial charge is 0.316 e. The molecule has 0 saturated carbocycles. The maximum atomic E-state index is 12.4. The van der Waals surface area contributed by atoms with Crippen LogP contribution in [0.3, 0.4) is 0 Å². The molecule has 2 fully saturated rings. The van der Waals surface area contributed by atoms with E-state index in [0.29, 0.717) is 18.1 Å². The summed E-state index contributed by atoms with van der Waals surface area (Å²) in [4.78, 5) is 22.5. The quantitative estimate of drug-likeness (QED) is 0.246. The summed E-state index contributed by atoms with van der Waals surface area (Å²) in [6.45, 7) is 9.84. The molecule has 1 unspecified atom stereocenters. The number of carbonyl (C=O) groups excluding carboxylic acids is 1. The molecule has 5 atom stereocenters. The Morgan fingerprint density at radius 3 is 1.95 bits per heavy atom. The van der Waals surface area contributed by atoms with Gasteiger partial charge in [-0.25, -0.2) is 0 Å². The third kappa shape index (κ3) is 7.80. The molecule has 3 aliphatic rings. The highest BCUT2D eigenvalue weighted by Gasteiger charge is 2.40. The molecule has 2 bridgehead atoms. The molecule has 8 heteroatoms. The minimum absolute atomic E-state index is 0. The molecule has 0 aromatic heterocycles. The number of aliphatic hydroxyl groups is 1. The van der Waals surface area contributed by atoms with E-state index in [0.717, 1.165) is 38.0 Å². The van der Waals surface area contributed by atoms with E-state index in [1.54, 1.807) is 0 Å². The third-order valence-electron chi connectivity index (χ3n) is 9.42. The lowest BCUT2D eigenvalue weighted by atomic mass is 9.98. The molecule has 1 N–H and O–H groups in total. The molecule has 3 heterocycles. The zero-order valence-electron chi connectivity index (χ0n) is 26.5. The first-order valence-electron chi connectivity index (χ1n) is 15.9. The Morgan fingerprint density at radius 1 is 0.909 bits per heavy atom. The molecule has 44 heavy (non-hydrogen) atoms. The molecular formula is C36H48ClN3O3S. The van der Waals surface area contributed by atoms with E-state index < -0.39 is 5.92 Å². The highest BCUT2D eigenvalue weighted by atomic mass is 35.5. The number of fused-ring (bicyclic) bond motifs is 4. The number of para-hydroxylation sites is 2. The molecular weight excluding hydrogens is 590 g/mol. The molecule has 238 valence electrons. The number of benzene rings is 3. The van der Waals surface area contributed by atoms with Crippen molar-refractivity contribution in [2.45, 2.75) is 86.4 Å². The van der Waals surface area contributed by atoms with Gasteiger partial charge >= 0.3 is 5.97 Å². The second-order valence-electron chi connectivity index (χ2n) is 11.9. The average Bonchev–Trinajstić information content (AvgIpc) is 3.22. The Morgan fingerprint density at radius 2 is 1.43 bits per heavy atom. The van der Waals surface area contributed by atoms with Gasteiger partial charge in [0.2, 0.25) is 0 Å². The van der Waals surface area contributed by atoms with Gasteiger partial charge in [0.25, 0.3) is 0 Å². The van der Waals surface area contributed by atoms with E-state index in [-0.39, 0.29) is 31.1 Å². The average molecular weight is 638 g/mol. The lowest BCUT2D eigenvalue weighted by Gasteiger charge is -2.37. The molecule has 0 radical (unpaired) electrons. The Hall–Kier alpha value is -2.55. The van der Waals surface area contributed by atoms with Crippen LogP contribution in [0.15, 0.2) is 88.7 Å². The van der Waals surface area contributed by atoms with E-state index in [4.69, 9.17) is 4.74 Å². The van der Waals surface area contributed by atoms with Crippen LogP contribution in [-0.2, 0) is 9.53 Å². The Bertz CT molecular complexity index is 1280. The highest BCUT2D eigenvalue weighted by Crippen LogP contribution is 2.48.